The molecule has 106 valence electrons. The van der Waals surface area contributed by atoms with Crippen LogP contribution < -0.4 is 10.1 Å². The Morgan fingerprint density at radius 2 is 2.05 bits per heavy atom. The number of anilines is 1. The van der Waals surface area contributed by atoms with Crippen molar-refractivity contribution in [2.45, 2.75) is 0 Å². The topological polar surface area (TPSA) is 62.1 Å². The van der Waals surface area contributed by atoms with E-state index in [4.69, 9.17) is 10.00 Å². The molecule has 0 heterocycles. The highest BCUT2D eigenvalue weighted by molar-refractivity contribution is 9.10. The smallest absolute Gasteiger partial charge is 0.262 e. The number of nitrogens with zero attached hydrogens (tertiary/aromatic N) is 1. The number of carbonyl (C=O) groups is 1. The van der Waals surface area contributed by atoms with Crippen LogP contribution in [0.5, 0.6) is 5.75 Å². The van der Waals surface area contributed by atoms with Crippen molar-refractivity contribution in [2.75, 3.05) is 11.9 Å². The summed E-state index contributed by atoms with van der Waals surface area (Å²) in [5.74, 6) is -0.758. The summed E-state index contributed by atoms with van der Waals surface area (Å²) in [6, 6.07) is 12.9. The van der Waals surface area contributed by atoms with E-state index in [1.54, 1.807) is 30.3 Å². The quantitative estimate of drug-likeness (QED) is 0.919. The summed E-state index contributed by atoms with van der Waals surface area (Å²) in [5, 5.41) is 11.3. The first-order valence-corrected chi connectivity index (χ1v) is 6.77. The van der Waals surface area contributed by atoms with Crippen molar-refractivity contribution < 1.29 is 13.9 Å². The molecule has 21 heavy (non-hydrogen) atoms. The summed E-state index contributed by atoms with van der Waals surface area (Å²) in [7, 11) is 0. The molecule has 0 aliphatic carbocycles. The minimum absolute atomic E-state index is 0.0552. The van der Waals surface area contributed by atoms with Gasteiger partial charge in [-0.1, -0.05) is 18.2 Å². The molecule has 0 bridgehead atoms. The van der Waals surface area contributed by atoms with Gasteiger partial charge in [0.25, 0.3) is 5.91 Å². The first-order valence-electron chi connectivity index (χ1n) is 5.97. The molecule has 0 atom stereocenters. The van der Waals surface area contributed by atoms with Crippen LogP contribution in [0, 0.1) is 17.1 Å². The van der Waals surface area contributed by atoms with Gasteiger partial charge in [0.15, 0.2) is 6.61 Å². The number of halogens is 2. The number of rotatable bonds is 4. The normalized spacial score (nSPS) is 9.76. The Hall–Kier alpha value is -2.39. The lowest BCUT2D eigenvalue weighted by Gasteiger charge is -2.10. The van der Waals surface area contributed by atoms with Crippen LogP contribution in [-0.4, -0.2) is 12.5 Å². The van der Waals surface area contributed by atoms with Gasteiger partial charge in [-0.05, 0) is 40.2 Å². The van der Waals surface area contributed by atoms with Crippen molar-refractivity contribution in [3.8, 4) is 11.8 Å². The predicted octanol–water partition coefficient (Wildman–Crippen LogP) is 3.48. The maximum atomic E-state index is 13.6. The third-order valence-electron chi connectivity index (χ3n) is 2.59. The molecule has 0 aromatic heterocycles. The number of ether oxygens (including phenoxy) is 1. The van der Waals surface area contributed by atoms with E-state index in [2.05, 4.69) is 21.2 Å². The Kier molecular flexibility index (Phi) is 4.90. The zero-order chi connectivity index (χ0) is 15.2. The molecule has 4 nitrogen and oxygen atoms in total. The standard InChI is InChI=1S/C15H10BrFN2O2/c16-11-5-3-6-12(17)15(11)19-14(20)9-21-13-7-2-1-4-10(13)8-18/h1-7H,9H2,(H,19,20). The summed E-state index contributed by atoms with van der Waals surface area (Å²) >= 11 is 3.16. The molecule has 1 N–H and O–H groups in total. The molecule has 0 fully saturated rings. The number of hydrogen-bond donors (Lipinski definition) is 1. The second kappa shape index (κ2) is 6.86. The van der Waals surface area contributed by atoms with Gasteiger partial charge in [0.2, 0.25) is 0 Å². The Bertz CT molecular complexity index is 693. The molecule has 1 amide bonds. The maximum Gasteiger partial charge on any atom is 0.262 e. The second-order valence-corrected chi connectivity index (χ2v) is 4.90. The van der Waals surface area contributed by atoms with Crippen molar-refractivity contribution in [3.63, 3.8) is 0 Å². The maximum absolute atomic E-state index is 13.6. The lowest BCUT2D eigenvalue weighted by molar-refractivity contribution is -0.118. The van der Waals surface area contributed by atoms with Crippen LogP contribution in [0.25, 0.3) is 0 Å². The molecular formula is C15H10BrFN2O2. The fourth-order valence-corrected chi connectivity index (χ4v) is 2.06. The van der Waals surface area contributed by atoms with Crippen molar-refractivity contribution in [1.82, 2.24) is 0 Å². The van der Waals surface area contributed by atoms with Crippen molar-refractivity contribution in [3.05, 3.63) is 58.3 Å². The summed E-state index contributed by atoms with van der Waals surface area (Å²) in [6.07, 6.45) is 0. The van der Waals surface area contributed by atoms with Crippen LogP contribution in [0.4, 0.5) is 10.1 Å². The molecule has 0 radical (unpaired) electrons. The number of nitrogens with one attached hydrogen (secondary N) is 1. The predicted molar refractivity (Wildman–Crippen MR) is 79.4 cm³/mol. The van der Waals surface area contributed by atoms with Crippen molar-refractivity contribution >= 4 is 27.5 Å². The first-order chi connectivity index (χ1) is 10.1. The SMILES string of the molecule is N#Cc1ccccc1OCC(=O)Nc1c(F)cccc1Br. The van der Waals surface area contributed by atoms with Gasteiger partial charge in [0.05, 0.1) is 11.3 Å². The molecule has 0 aliphatic heterocycles. The molecule has 0 unspecified atom stereocenters. The average Bonchev–Trinajstić information content (AvgIpc) is 2.49. The van der Waals surface area contributed by atoms with E-state index in [1.807, 2.05) is 6.07 Å². The fourth-order valence-electron chi connectivity index (χ4n) is 1.62. The minimum atomic E-state index is -0.546. The lowest BCUT2D eigenvalue weighted by atomic mass is 10.2. The highest BCUT2D eigenvalue weighted by Gasteiger charge is 2.11. The number of para-hydroxylation sites is 2. The monoisotopic (exact) mass is 348 g/mol. The molecule has 0 saturated carbocycles. The Balaban J connectivity index is 2.02. The average molecular weight is 349 g/mol. The Morgan fingerprint density at radius 1 is 1.29 bits per heavy atom. The van der Waals surface area contributed by atoms with E-state index < -0.39 is 11.7 Å². The molecule has 2 aromatic carbocycles. The summed E-state index contributed by atoms with van der Waals surface area (Å²) in [6.45, 7) is -0.320. The molecule has 6 heteroatoms. The zero-order valence-electron chi connectivity index (χ0n) is 10.8. The van der Waals surface area contributed by atoms with Crippen LogP contribution in [0.1, 0.15) is 5.56 Å². The van der Waals surface area contributed by atoms with Crippen LogP contribution in [0.3, 0.4) is 0 Å². The molecular weight excluding hydrogens is 339 g/mol. The van der Waals surface area contributed by atoms with E-state index in [0.717, 1.165) is 0 Å². The van der Waals surface area contributed by atoms with E-state index in [-0.39, 0.29) is 12.3 Å². The van der Waals surface area contributed by atoms with E-state index in [0.29, 0.717) is 15.8 Å². The van der Waals surface area contributed by atoms with E-state index in [9.17, 15) is 9.18 Å². The largest absolute Gasteiger partial charge is 0.482 e. The fraction of sp³-hybridized carbons (Fsp3) is 0.0667. The third-order valence-corrected chi connectivity index (χ3v) is 3.25. The van der Waals surface area contributed by atoms with Gasteiger partial charge in [-0.2, -0.15) is 5.26 Å². The Labute approximate surface area is 129 Å². The molecule has 2 rings (SSSR count). The van der Waals surface area contributed by atoms with E-state index >= 15 is 0 Å². The molecule has 0 saturated heterocycles. The van der Waals surface area contributed by atoms with Gasteiger partial charge in [0, 0.05) is 4.47 Å². The first kappa shape index (κ1) is 15.0. The number of benzene rings is 2. The van der Waals surface area contributed by atoms with Gasteiger partial charge in [-0.3, -0.25) is 4.79 Å². The highest BCUT2D eigenvalue weighted by atomic mass is 79.9. The van der Waals surface area contributed by atoms with E-state index in [1.165, 1.54) is 12.1 Å². The van der Waals surface area contributed by atoms with Crippen LogP contribution >= 0.6 is 15.9 Å². The van der Waals surface area contributed by atoms with Gasteiger partial charge < -0.3 is 10.1 Å². The zero-order valence-corrected chi connectivity index (χ0v) is 12.4. The molecule has 0 aliphatic rings. The summed E-state index contributed by atoms with van der Waals surface area (Å²) in [4.78, 5) is 11.8. The Morgan fingerprint density at radius 3 is 2.76 bits per heavy atom. The van der Waals surface area contributed by atoms with Crippen molar-refractivity contribution in [2.24, 2.45) is 0 Å². The van der Waals surface area contributed by atoms with Crippen molar-refractivity contribution in [1.29, 1.82) is 5.26 Å². The number of nitriles is 1. The second-order valence-electron chi connectivity index (χ2n) is 4.04. The van der Waals surface area contributed by atoms with Gasteiger partial charge in [-0.25, -0.2) is 4.39 Å². The van der Waals surface area contributed by atoms with Gasteiger partial charge >= 0.3 is 0 Å². The van der Waals surface area contributed by atoms with Crippen LogP contribution in [0.15, 0.2) is 46.9 Å². The van der Waals surface area contributed by atoms with Crippen LogP contribution in [-0.2, 0) is 4.79 Å². The third kappa shape index (κ3) is 3.80. The molecule has 0 spiro atoms. The molecule has 2 aromatic rings. The highest BCUT2D eigenvalue weighted by Crippen LogP contribution is 2.25. The summed E-state index contributed by atoms with van der Waals surface area (Å²) in [5.41, 5.74) is 0.386. The van der Waals surface area contributed by atoms with Gasteiger partial charge in [-0.15, -0.1) is 0 Å². The number of hydrogen-bond acceptors (Lipinski definition) is 3. The number of carbonyl (C=O) groups excluding carboxylic acids is 1. The lowest BCUT2D eigenvalue weighted by Crippen LogP contribution is -2.21. The van der Waals surface area contributed by atoms with Gasteiger partial charge in [0.1, 0.15) is 17.6 Å². The summed E-state index contributed by atoms with van der Waals surface area (Å²) < 4.78 is 19.3. The minimum Gasteiger partial charge on any atom is -0.482 e. The van der Waals surface area contributed by atoms with Crippen LogP contribution in [0.2, 0.25) is 0 Å². The number of amides is 1.